The number of ether oxygens (including phenoxy) is 1. The van der Waals surface area contributed by atoms with Gasteiger partial charge >= 0.3 is 0 Å². The predicted octanol–water partition coefficient (Wildman–Crippen LogP) is 2.92. The fourth-order valence-electron chi connectivity index (χ4n) is 1.74. The van der Waals surface area contributed by atoms with Crippen molar-refractivity contribution < 1.29 is 13.2 Å². The van der Waals surface area contributed by atoms with Crippen molar-refractivity contribution in [2.24, 2.45) is 0 Å². The van der Waals surface area contributed by atoms with E-state index in [1.54, 1.807) is 18.6 Å². The van der Waals surface area contributed by atoms with Gasteiger partial charge in [0.25, 0.3) is 0 Å². The maximum Gasteiger partial charge on any atom is 0.244 e. The van der Waals surface area contributed by atoms with Crippen LogP contribution in [-0.2, 0) is 20.6 Å². The van der Waals surface area contributed by atoms with Gasteiger partial charge in [-0.15, -0.1) is 22.9 Å². The number of methoxy groups -OCH3 is 1. The first-order chi connectivity index (χ1) is 8.98. The number of alkyl halides is 1. The molecule has 0 amide bonds. The van der Waals surface area contributed by atoms with Crippen molar-refractivity contribution >= 4 is 33.0 Å². The average Bonchev–Trinajstić information content (AvgIpc) is 2.87. The molecule has 0 aliphatic rings. The maximum absolute atomic E-state index is 12.7. The first kappa shape index (κ1) is 16.9. The van der Waals surface area contributed by atoms with E-state index in [9.17, 15) is 8.42 Å². The molecule has 1 aromatic heterocycles. The Morgan fingerprint density at radius 3 is 2.74 bits per heavy atom. The Bertz CT molecular complexity index is 487. The summed E-state index contributed by atoms with van der Waals surface area (Å²) in [6, 6.07) is 1.56. The van der Waals surface area contributed by atoms with Crippen molar-refractivity contribution in [2.45, 2.75) is 37.1 Å². The number of halogens is 1. The molecule has 1 heterocycles. The Morgan fingerprint density at radius 2 is 2.21 bits per heavy atom. The van der Waals surface area contributed by atoms with Crippen molar-refractivity contribution in [1.29, 1.82) is 0 Å². The number of nitrogens with zero attached hydrogens (tertiary/aromatic N) is 1. The molecule has 0 aliphatic carbocycles. The van der Waals surface area contributed by atoms with Gasteiger partial charge in [0.05, 0.1) is 17.4 Å². The van der Waals surface area contributed by atoms with Crippen LogP contribution in [0.4, 0.5) is 0 Å². The van der Waals surface area contributed by atoms with Gasteiger partial charge < -0.3 is 4.74 Å². The minimum absolute atomic E-state index is 0.0665. The third kappa shape index (κ3) is 3.92. The number of hydrogen-bond acceptors (Lipinski definition) is 4. The van der Waals surface area contributed by atoms with Gasteiger partial charge in [0, 0.05) is 24.6 Å². The Balaban J connectivity index is 3.12. The Morgan fingerprint density at radius 1 is 1.53 bits per heavy atom. The molecule has 0 aromatic carbocycles. The summed E-state index contributed by atoms with van der Waals surface area (Å²) >= 11 is 7.17. The summed E-state index contributed by atoms with van der Waals surface area (Å²) in [5, 5.41) is 1.76. The van der Waals surface area contributed by atoms with Gasteiger partial charge in [0.2, 0.25) is 10.0 Å². The minimum Gasteiger partial charge on any atom is -0.383 e. The van der Waals surface area contributed by atoms with Gasteiger partial charge in [-0.3, -0.25) is 0 Å². The molecule has 0 N–H and O–H groups in total. The van der Waals surface area contributed by atoms with E-state index in [4.69, 9.17) is 16.3 Å². The van der Waals surface area contributed by atoms with Gasteiger partial charge in [-0.05, 0) is 24.8 Å². The van der Waals surface area contributed by atoms with Gasteiger partial charge in [-0.2, -0.15) is 4.31 Å². The van der Waals surface area contributed by atoms with Gasteiger partial charge in [-0.25, -0.2) is 8.42 Å². The third-order valence-electron chi connectivity index (χ3n) is 3.01. The number of rotatable bonds is 8. The molecule has 110 valence electrons. The Labute approximate surface area is 124 Å². The van der Waals surface area contributed by atoms with Gasteiger partial charge in [0.15, 0.2) is 0 Å². The molecular formula is C12H20ClNO3S2. The van der Waals surface area contributed by atoms with Gasteiger partial charge in [0.1, 0.15) is 0 Å². The smallest absolute Gasteiger partial charge is 0.244 e. The Kier molecular flexibility index (Phi) is 6.76. The van der Waals surface area contributed by atoms with Crippen LogP contribution < -0.4 is 0 Å². The lowest BCUT2D eigenvalue weighted by atomic mass is 10.3. The van der Waals surface area contributed by atoms with Crippen molar-refractivity contribution in [3.63, 3.8) is 0 Å². The van der Waals surface area contributed by atoms with E-state index in [1.807, 2.05) is 13.8 Å². The number of sulfonamides is 1. The summed E-state index contributed by atoms with van der Waals surface area (Å²) in [7, 11) is -1.94. The zero-order valence-corrected chi connectivity index (χ0v) is 13.8. The zero-order valence-electron chi connectivity index (χ0n) is 11.4. The highest BCUT2D eigenvalue weighted by atomic mass is 35.5. The van der Waals surface area contributed by atoms with Crippen LogP contribution in [0.3, 0.4) is 0 Å². The average molecular weight is 326 g/mol. The molecular weight excluding hydrogens is 306 g/mol. The predicted molar refractivity (Wildman–Crippen MR) is 79.4 cm³/mol. The fourth-order valence-corrected chi connectivity index (χ4v) is 5.11. The van der Waals surface area contributed by atoms with Crippen molar-refractivity contribution in [1.82, 2.24) is 4.31 Å². The van der Waals surface area contributed by atoms with Gasteiger partial charge in [-0.1, -0.05) is 6.92 Å². The summed E-state index contributed by atoms with van der Waals surface area (Å²) in [6.45, 7) is 4.60. The van der Waals surface area contributed by atoms with E-state index < -0.39 is 10.0 Å². The van der Waals surface area contributed by atoms with Crippen LogP contribution in [0.15, 0.2) is 16.3 Å². The molecule has 0 radical (unpaired) electrons. The minimum atomic E-state index is -3.50. The van der Waals surface area contributed by atoms with Crippen molar-refractivity contribution in [3.8, 4) is 0 Å². The third-order valence-corrected chi connectivity index (χ3v) is 6.58. The SMILES string of the molecule is CCC(C)N(CCOC)S(=O)(=O)c1ccsc1CCl. The second-order valence-corrected chi connectivity index (χ2v) is 7.33. The van der Waals surface area contributed by atoms with Crippen LogP contribution >= 0.6 is 22.9 Å². The van der Waals surface area contributed by atoms with Crippen molar-refractivity contribution in [3.05, 3.63) is 16.3 Å². The van der Waals surface area contributed by atoms with E-state index in [2.05, 4.69) is 0 Å². The summed E-state index contributed by atoms with van der Waals surface area (Å²) < 4.78 is 31.9. The molecule has 1 rings (SSSR count). The molecule has 0 saturated heterocycles. The summed E-state index contributed by atoms with van der Waals surface area (Å²) in [6.07, 6.45) is 0.753. The fraction of sp³-hybridized carbons (Fsp3) is 0.667. The van der Waals surface area contributed by atoms with Crippen LogP contribution in [0.1, 0.15) is 25.1 Å². The summed E-state index contributed by atoms with van der Waals surface area (Å²) in [5.41, 5.74) is 0. The first-order valence-corrected chi connectivity index (χ1v) is 8.97. The second-order valence-electron chi connectivity index (χ2n) is 4.21. The molecule has 0 spiro atoms. The molecule has 1 unspecified atom stereocenters. The first-order valence-electron chi connectivity index (χ1n) is 6.12. The lowest BCUT2D eigenvalue weighted by Crippen LogP contribution is -2.40. The van der Waals surface area contributed by atoms with Crippen LogP contribution in [0.5, 0.6) is 0 Å². The van der Waals surface area contributed by atoms with Crippen LogP contribution in [0.2, 0.25) is 0 Å². The standard InChI is InChI=1S/C12H20ClNO3S2/c1-4-10(2)14(6-7-17-3)19(15,16)12-5-8-18-11(12)9-13/h5,8,10H,4,6-7,9H2,1-3H3. The normalized spacial score (nSPS) is 13.9. The highest BCUT2D eigenvalue weighted by Gasteiger charge is 2.30. The Hall–Kier alpha value is -0.140. The maximum atomic E-state index is 12.7. The van der Waals surface area contributed by atoms with E-state index in [-0.39, 0.29) is 11.9 Å². The van der Waals surface area contributed by atoms with E-state index in [1.165, 1.54) is 15.6 Å². The lowest BCUT2D eigenvalue weighted by Gasteiger charge is -2.27. The molecule has 19 heavy (non-hydrogen) atoms. The largest absolute Gasteiger partial charge is 0.383 e. The highest BCUT2D eigenvalue weighted by Crippen LogP contribution is 2.28. The zero-order chi connectivity index (χ0) is 14.5. The van der Waals surface area contributed by atoms with E-state index in [0.29, 0.717) is 22.9 Å². The molecule has 7 heteroatoms. The van der Waals surface area contributed by atoms with Crippen LogP contribution in [0, 0.1) is 0 Å². The topological polar surface area (TPSA) is 46.6 Å². The highest BCUT2D eigenvalue weighted by molar-refractivity contribution is 7.89. The van der Waals surface area contributed by atoms with Crippen molar-refractivity contribution in [2.75, 3.05) is 20.3 Å². The molecule has 0 saturated carbocycles. The summed E-state index contributed by atoms with van der Waals surface area (Å²) in [4.78, 5) is 1.01. The summed E-state index contributed by atoms with van der Waals surface area (Å²) in [5.74, 6) is 0.213. The lowest BCUT2D eigenvalue weighted by molar-refractivity contribution is 0.167. The molecule has 0 fully saturated rings. The molecule has 1 aromatic rings. The quantitative estimate of drug-likeness (QED) is 0.690. The van der Waals surface area contributed by atoms with E-state index in [0.717, 1.165) is 6.42 Å². The van der Waals surface area contributed by atoms with Crippen LogP contribution in [0.25, 0.3) is 0 Å². The molecule has 0 bridgehead atoms. The number of hydrogen-bond donors (Lipinski definition) is 0. The monoisotopic (exact) mass is 325 g/mol. The molecule has 4 nitrogen and oxygen atoms in total. The van der Waals surface area contributed by atoms with Crippen LogP contribution in [-0.4, -0.2) is 39.0 Å². The second kappa shape index (κ2) is 7.59. The molecule has 0 aliphatic heterocycles. The molecule has 1 atom stereocenters. The number of thiophene rings is 1. The van der Waals surface area contributed by atoms with E-state index >= 15 is 0 Å².